The van der Waals surface area contributed by atoms with E-state index >= 15 is 0 Å². The highest BCUT2D eigenvalue weighted by Gasteiger charge is 2.38. The maximum Gasteiger partial charge on any atom is 0.314 e. The van der Waals surface area contributed by atoms with Gasteiger partial charge in [-0.1, -0.05) is 24.8 Å². The molecule has 0 radical (unpaired) electrons. The molecule has 0 fully saturated rings. The summed E-state index contributed by atoms with van der Waals surface area (Å²) in [7, 11) is 0. The topological polar surface area (TPSA) is 35.5 Å². The summed E-state index contributed by atoms with van der Waals surface area (Å²) in [6.45, 7) is 9.84. The number of esters is 1. The standard InChI is InChI=1S/C16H20O3/c1-11(2)10-18-15(17)13-9-16(3,4)19-14-8-6-5-7-12(13)14/h5-8,13H,1,9-10H2,2-4H3. The number of carbonyl (C=O) groups excluding carboxylic acids is 1. The molecule has 19 heavy (non-hydrogen) atoms. The molecule has 0 spiro atoms. The summed E-state index contributed by atoms with van der Waals surface area (Å²) in [5, 5.41) is 0. The van der Waals surface area contributed by atoms with Gasteiger partial charge in [0.25, 0.3) is 0 Å². The van der Waals surface area contributed by atoms with Gasteiger partial charge in [-0.3, -0.25) is 4.79 Å². The Morgan fingerprint density at radius 3 is 2.84 bits per heavy atom. The first-order chi connectivity index (χ1) is 8.89. The molecule has 1 aliphatic rings. The lowest BCUT2D eigenvalue weighted by atomic mass is 9.84. The van der Waals surface area contributed by atoms with Gasteiger partial charge in [-0.25, -0.2) is 0 Å². The molecule has 3 heteroatoms. The van der Waals surface area contributed by atoms with Gasteiger partial charge in [-0.15, -0.1) is 0 Å². The predicted molar refractivity (Wildman–Crippen MR) is 74.3 cm³/mol. The Balaban J connectivity index is 2.24. The molecule has 0 bridgehead atoms. The number of ether oxygens (including phenoxy) is 2. The van der Waals surface area contributed by atoms with Crippen LogP contribution in [0.15, 0.2) is 36.4 Å². The van der Waals surface area contributed by atoms with Gasteiger partial charge in [0.1, 0.15) is 18.0 Å². The van der Waals surface area contributed by atoms with E-state index in [9.17, 15) is 4.79 Å². The average Bonchev–Trinajstić information content (AvgIpc) is 2.33. The Hall–Kier alpha value is -1.77. The highest BCUT2D eigenvalue weighted by Crippen LogP contribution is 2.41. The molecule has 0 amide bonds. The van der Waals surface area contributed by atoms with E-state index in [2.05, 4.69) is 6.58 Å². The molecule has 2 rings (SSSR count). The first-order valence-corrected chi connectivity index (χ1v) is 6.48. The molecule has 0 N–H and O–H groups in total. The van der Waals surface area contributed by atoms with Crippen LogP contribution in [0.4, 0.5) is 0 Å². The van der Waals surface area contributed by atoms with Gasteiger partial charge < -0.3 is 9.47 Å². The number of benzene rings is 1. The second kappa shape index (κ2) is 5.08. The maximum atomic E-state index is 12.2. The van der Waals surface area contributed by atoms with E-state index in [0.717, 1.165) is 16.9 Å². The molecule has 1 atom stereocenters. The number of para-hydroxylation sites is 1. The fourth-order valence-electron chi connectivity index (χ4n) is 2.31. The largest absolute Gasteiger partial charge is 0.488 e. The second-order valence-corrected chi connectivity index (χ2v) is 5.72. The maximum absolute atomic E-state index is 12.2. The lowest BCUT2D eigenvalue weighted by Gasteiger charge is -2.36. The van der Waals surface area contributed by atoms with Crippen LogP contribution in [0.2, 0.25) is 0 Å². The molecule has 1 unspecified atom stereocenters. The van der Waals surface area contributed by atoms with Crippen molar-refractivity contribution in [3.63, 3.8) is 0 Å². The molecule has 102 valence electrons. The van der Waals surface area contributed by atoms with Gasteiger partial charge in [-0.2, -0.15) is 0 Å². The minimum Gasteiger partial charge on any atom is -0.488 e. The summed E-state index contributed by atoms with van der Waals surface area (Å²) in [5.74, 6) is 0.308. The summed E-state index contributed by atoms with van der Waals surface area (Å²) in [6, 6.07) is 7.66. The zero-order valence-corrected chi connectivity index (χ0v) is 11.7. The molecule has 1 aromatic carbocycles. The van der Waals surface area contributed by atoms with Gasteiger partial charge in [-0.05, 0) is 32.4 Å². The monoisotopic (exact) mass is 260 g/mol. The molecule has 0 aromatic heterocycles. The van der Waals surface area contributed by atoms with Gasteiger partial charge in [0.05, 0.1) is 5.92 Å². The molecule has 0 aliphatic carbocycles. The molecule has 1 heterocycles. The Morgan fingerprint density at radius 1 is 1.47 bits per heavy atom. The van der Waals surface area contributed by atoms with Crippen LogP contribution in [-0.2, 0) is 9.53 Å². The number of hydrogen-bond donors (Lipinski definition) is 0. The first-order valence-electron chi connectivity index (χ1n) is 6.48. The third-order valence-corrected chi connectivity index (χ3v) is 3.12. The molecular weight excluding hydrogens is 240 g/mol. The minimum atomic E-state index is -0.360. The molecule has 0 saturated heterocycles. The van der Waals surface area contributed by atoms with E-state index in [1.165, 1.54) is 0 Å². The van der Waals surface area contributed by atoms with Crippen LogP contribution in [0.5, 0.6) is 5.75 Å². The van der Waals surface area contributed by atoms with Crippen molar-refractivity contribution in [2.24, 2.45) is 0 Å². The Morgan fingerprint density at radius 2 is 2.16 bits per heavy atom. The van der Waals surface area contributed by atoms with Crippen molar-refractivity contribution < 1.29 is 14.3 Å². The Bertz CT molecular complexity index is 502. The Kier molecular flexibility index (Phi) is 3.65. The van der Waals surface area contributed by atoms with Crippen molar-refractivity contribution in [3.05, 3.63) is 42.0 Å². The fraction of sp³-hybridized carbons (Fsp3) is 0.438. The van der Waals surface area contributed by atoms with Crippen LogP contribution in [-0.4, -0.2) is 18.2 Å². The average molecular weight is 260 g/mol. The molecule has 1 aromatic rings. The lowest BCUT2D eigenvalue weighted by Crippen LogP contribution is -2.37. The van der Waals surface area contributed by atoms with E-state index in [1.807, 2.05) is 45.0 Å². The van der Waals surface area contributed by atoms with Crippen LogP contribution in [0, 0.1) is 0 Å². The highest BCUT2D eigenvalue weighted by atomic mass is 16.5. The van der Waals surface area contributed by atoms with Crippen LogP contribution >= 0.6 is 0 Å². The molecular formula is C16H20O3. The lowest BCUT2D eigenvalue weighted by molar-refractivity contribution is -0.146. The molecule has 1 aliphatic heterocycles. The number of fused-ring (bicyclic) bond motifs is 1. The van der Waals surface area contributed by atoms with E-state index in [0.29, 0.717) is 6.42 Å². The van der Waals surface area contributed by atoms with Crippen LogP contribution in [0.25, 0.3) is 0 Å². The van der Waals surface area contributed by atoms with Crippen molar-refractivity contribution in [1.82, 2.24) is 0 Å². The molecule has 3 nitrogen and oxygen atoms in total. The van der Waals surface area contributed by atoms with Crippen LogP contribution < -0.4 is 4.74 Å². The van der Waals surface area contributed by atoms with Crippen molar-refractivity contribution in [2.75, 3.05) is 6.61 Å². The summed E-state index contributed by atoms with van der Waals surface area (Å²) in [6.07, 6.45) is 0.624. The zero-order chi connectivity index (χ0) is 14.0. The van der Waals surface area contributed by atoms with Crippen LogP contribution in [0.1, 0.15) is 38.7 Å². The van der Waals surface area contributed by atoms with Gasteiger partial charge in [0.2, 0.25) is 0 Å². The van der Waals surface area contributed by atoms with Crippen molar-refractivity contribution in [1.29, 1.82) is 0 Å². The minimum absolute atomic E-state index is 0.202. The second-order valence-electron chi connectivity index (χ2n) is 5.72. The van der Waals surface area contributed by atoms with E-state index in [4.69, 9.17) is 9.47 Å². The fourth-order valence-corrected chi connectivity index (χ4v) is 2.31. The smallest absolute Gasteiger partial charge is 0.314 e. The zero-order valence-electron chi connectivity index (χ0n) is 11.7. The quantitative estimate of drug-likeness (QED) is 0.617. The van der Waals surface area contributed by atoms with Gasteiger partial charge in [0.15, 0.2) is 0 Å². The number of hydrogen-bond acceptors (Lipinski definition) is 3. The van der Waals surface area contributed by atoms with Crippen LogP contribution in [0.3, 0.4) is 0 Å². The van der Waals surface area contributed by atoms with Gasteiger partial charge >= 0.3 is 5.97 Å². The predicted octanol–water partition coefficient (Wildman–Crippen LogP) is 3.45. The summed E-state index contributed by atoms with van der Waals surface area (Å²) in [5.41, 5.74) is 1.39. The molecule has 0 saturated carbocycles. The van der Waals surface area contributed by atoms with Gasteiger partial charge in [0, 0.05) is 12.0 Å². The highest BCUT2D eigenvalue weighted by molar-refractivity contribution is 5.80. The normalized spacial score (nSPS) is 20.1. The SMILES string of the molecule is C=C(C)COC(=O)C1CC(C)(C)Oc2ccccc21. The third-order valence-electron chi connectivity index (χ3n) is 3.12. The first kappa shape index (κ1) is 13.7. The number of carbonyl (C=O) groups is 1. The third kappa shape index (κ3) is 3.16. The van der Waals surface area contributed by atoms with Crippen molar-refractivity contribution in [2.45, 2.75) is 38.7 Å². The van der Waals surface area contributed by atoms with Crippen molar-refractivity contribution >= 4 is 5.97 Å². The van der Waals surface area contributed by atoms with E-state index in [1.54, 1.807) is 0 Å². The van der Waals surface area contributed by atoms with Crippen molar-refractivity contribution in [3.8, 4) is 5.75 Å². The summed E-state index contributed by atoms with van der Waals surface area (Å²) in [4.78, 5) is 12.2. The van der Waals surface area contributed by atoms with E-state index < -0.39 is 0 Å². The Labute approximate surface area is 114 Å². The summed E-state index contributed by atoms with van der Waals surface area (Å²) < 4.78 is 11.2. The summed E-state index contributed by atoms with van der Waals surface area (Å²) >= 11 is 0. The van der Waals surface area contributed by atoms with E-state index in [-0.39, 0.29) is 24.1 Å². The number of rotatable bonds is 3.